The molecule has 0 aromatic heterocycles. The summed E-state index contributed by atoms with van der Waals surface area (Å²) in [6.07, 6.45) is 19.9. The molecule has 0 bridgehead atoms. The van der Waals surface area contributed by atoms with Crippen molar-refractivity contribution in [2.75, 3.05) is 0 Å². The molecule has 1 unspecified atom stereocenters. The first kappa shape index (κ1) is 14.0. The summed E-state index contributed by atoms with van der Waals surface area (Å²) in [7, 11) is 0. The molecule has 0 fully saturated rings. The van der Waals surface area contributed by atoms with Crippen molar-refractivity contribution < 1.29 is 4.79 Å². The van der Waals surface area contributed by atoms with Crippen molar-refractivity contribution >= 4 is 5.78 Å². The number of allylic oxidation sites excluding steroid dienone is 6. The monoisotopic (exact) mass is 232 g/mol. The molecule has 0 spiro atoms. The quantitative estimate of drug-likeness (QED) is 0.558. The molecule has 0 saturated heterocycles. The minimum absolute atomic E-state index is 0.278. The molecule has 0 N–H and O–H groups in total. The lowest BCUT2D eigenvalue weighted by atomic mass is 9.98. The number of hydrogen-bond donors (Lipinski definition) is 0. The van der Waals surface area contributed by atoms with Gasteiger partial charge in [-0.3, -0.25) is 4.79 Å². The third-order valence-electron chi connectivity index (χ3n) is 3.01. The average Bonchev–Trinajstić information content (AvgIpc) is 2.30. The van der Waals surface area contributed by atoms with Crippen LogP contribution in [0.2, 0.25) is 0 Å². The summed E-state index contributed by atoms with van der Waals surface area (Å²) in [6.45, 7) is 2.17. The Labute approximate surface area is 105 Å². The molecule has 1 atom stereocenters. The van der Waals surface area contributed by atoms with E-state index in [9.17, 15) is 4.79 Å². The zero-order chi connectivity index (χ0) is 12.3. The molecule has 0 aliphatic heterocycles. The first-order valence-corrected chi connectivity index (χ1v) is 6.78. The van der Waals surface area contributed by atoms with Crippen LogP contribution in [0.1, 0.15) is 51.9 Å². The number of rotatable bonds is 0. The van der Waals surface area contributed by atoms with E-state index in [4.69, 9.17) is 0 Å². The molecule has 0 saturated carbocycles. The Morgan fingerprint density at radius 1 is 0.882 bits per heavy atom. The molecular weight excluding hydrogens is 208 g/mol. The Morgan fingerprint density at radius 3 is 2.06 bits per heavy atom. The van der Waals surface area contributed by atoms with Crippen LogP contribution >= 0.6 is 0 Å². The van der Waals surface area contributed by atoms with E-state index in [-0.39, 0.29) is 5.78 Å². The van der Waals surface area contributed by atoms with Gasteiger partial charge in [-0.15, -0.1) is 0 Å². The van der Waals surface area contributed by atoms with Gasteiger partial charge in [0.15, 0.2) is 5.78 Å². The zero-order valence-corrected chi connectivity index (χ0v) is 10.9. The van der Waals surface area contributed by atoms with Gasteiger partial charge in [0.05, 0.1) is 0 Å². The maximum atomic E-state index is 11.6. The average molecular weight is 232 g/mol. The highest BCUT2D eigenvalue weighted by Gasteiger charge is 2.05. The first-order valence-electron chi connectivity index (χ1n) is 6.78. The van der Waals surface area contributed by atoms with Gasteiger partial charge in [0.1, 0.15) is 0 Å². The smallest absolute Gasteiger partial charge is 0.155 e. The van der Waals surface area contributed by atoms with Gasteiger partial charge in [0.2, 0.25) is 0 Å². The van der Waals surface area contributed by atoms with Gasteiger partial charge < -0.3 is 0 Å². The van der Waals surface area contributed by atoms with E-state index >= 15 is 0 Å². The largest absolute Gasteiger partial charge is 0.295 e. The van der Waals surface area contributed by atoms with Crippen LogP contribution in [-0.4, -0.2) is 5.78 Å². The van der Waals surface area contributed by atoms with Crippen molar-refractivity contribution in [3.63, 3.8) is 0 Å². The SMILES string of the molecule is CC1CCC=CCCC=CCCC=CC(=O)C1. The lowest BCUT2D eigenvalue weighted by Gasteiger charge is -2.06. The van der Waals surface area contributed by atoms with E-state index in [0.29, 0.717) is 12.3 Å². The minimum Gasteiger partial charge on any atom is -0.295 e. The van der Waals surface area contributed by atoms with Crippen LogP contribution < -0.4 is 0 Å². The molecule has 0 heterocycles. The Kier molecular flexibility index (Phi) is 7.37. The number of carbonyl (C=O) groups is 1. The van der Waals surface area contributed by atoms with Gasteiger partial charge in [0, 0.05) is 6.42 Å². The van der Waals surface area contributed by atoms with Gasteiger partial charge in [-0.1, -0.05) is 37.3 Å². The third kappa shape index (κ3) is 7.73. The van der Waals surface area contributed by atoms with E-state index in [1.165, 1.54) is 0 Å². The molecule has 1 aliphatic rings. The van der Waals surface area contributed by atoms with Gasteiger partial charge in [-0.2, -0.15) is 0 Å². The van der Waals surface area contributed by atoms with Crippen LogP contribution in [0.4, 0.5) is 0 Å². The summed E-state index contributed by atoms with van der Waals surface area (Å²) in [5.74, 6) is 0.778. The highest BCUT2D eigenvalue weighted by molar-refractivity contribution is 5.89. The molecule has 0 aromatic carbocycles. The normalized spacial score (nSPS) is 24.3. The maximum Gasteiger partial charge on any atom is 0.155 e. The molecular formula is C16H24O. The molecule has 17 heavy (non-hydrogen) atoms. The molecule has 1 nitrogen and oxygen atoms in total. The minimum atomic E-state index is 0.278. The third-order valence-corrected chi connectivity index (χ3v) is 3.01. The summed E-state index contributed by atoms with van der Waals surface area (Å²) in [6, 6.07) is 0. The molecule has 0 aromatic rings. The first-order chi connectivity index (χ1) is 8.29. The highest BCUT2D eigenvalue weighted by atomic mass is 16.1. The molecule has 1 rings (SSSR count). The molecule has 0 radical (unpaired) electrons. The van der Waals surface area contributed by atoms with Crippen LogP contribution in [0.25, 0.3) is 0 Å². The van der Waals surface area contributed by atoms with Crippen LogP contribution in [0.5, 0.6) is 0 Å². The second-order valence-electron chi connectivity index (χ2n) is 4.85. The van der Waals surface area contributed by atoms with Gasteiger partial charge in [0.25, 0.3) is 0 Å². The van der Waals surface area contributed by atoms with Gasteiger partial charge in [-0.25, -0.2) is 0 Å². The van der Waals surface area contributed by atoms with Crippen LogP contribution in [0.15, 0.2) is 36.5 Å². The van der Waals surface area contributed by atoms with Crippen molar-refractivity contribution in [3.8, 4) is 0 Å². The Balaban J connectivity index is 2.46. The summed E-state index contributed by atoms with van der Waals surface area (Å²) >= 11 is 0. The van der Waals surface area contributed by atoms with Gasteiger partial charge in [-0.05, 0) is 50.5 Å². The summed E-state index contributed by atoms with van der Waals surface area (Å²) in [5.41, 5.74) is 0. The Hall–Kier alpha value is -1.11. The van der Waals surface area contributed by atoms with E-state index in [1.54, 1.807) is 6.08 Å². The lowest BCUT2D eigenvalue weighted by Crippen LogP contribution is -2.02. The fourth-order valence-electron chi connectivity index (χ4n) is 1.97. The molecule has 1 aliphatic carbocycles. The van der Waals surface area contributed by atoms with Crippen molar-refractivity contribution in [1.29, 1.82) is 0 Å². The molecule has 1 heteroatoms. The van der Waals surface area contributed by atoms with Gasteiger partial charge >= 0.3 is 0 Å². The molecule has 94 valence electrons. The van der Waals surface area contributed by atoms with E-state index in [0.717, 1.165) is 38.5 Å². The van der Waals surface area contributed by atoms with Crippen molar-refractivity contribution in [2.45, 2.75) is 51.9 Å². The summed E-state index contributed by atoms with van der Waals surface area (Å²) in [4.78, 5) is 11.6. The highest BCUT2D eigenvalue weighted by Crippen LogP contribution is 2.12. The van der Waals surface area contributed by atoms with E-state index < -0.39 is 0 Å². The topological polar surface area (TPSA) is 17.1 Å². The summed E-state index contributed by atoms with van der Waals surface area (Å²) < 4.78 is 0. The molecule has 0 amide bonds. The number of carbonyl (C=O) groups excluding carboxylic acids is 1. The van der Waals surface area contributed by atoms with Crippen molar-refractivity contribution in [3.05, 3.63) is 36.5 Å². The van der Waals surface area contributed by atoms with Crippen LogP contribution in [0, 0.1) is 5.92 Å². The second kappa shape index (κ2) is 8.98. The van der Waals surface area contributed by atoms with Crippen LogP contribution in [-0.2, 0) is 4.79 Å². The fourth-order valence-corrected chi connectivity index (χ4v) is 1.97. The fraction of sp³-hybridized carbons (Fsp3) is 0.562. The number of hydrogen-bond acceptors (Lipinski definition) is 1. The van der Waals surface area contributed by atoms with Crippen molar-refractivity contribution in [1.82, 2.24) is 0 Å². The maximum absolute atomic E-state index is 11.6. The Bertz CT molecular complexity index is 297. The van der Waals surface area contributed by atoms with Crippen molar-refractivity contribution in [2.24, 2.45) is 5.92 Å². The Morgan fingerprint density at radius 2 is 1.41 bits per heavy atom. The lowest BCUT2D eigenvalue weighted by molar-refractivity contribution is -0.115. The van der Waals surface area contributed by atoms with Crippen LogP contribution in [0.3, 0.4) is 0 Å². The predicted molar refractivity (Wildman–Crippen MR) is 73.9 cm³/mol. The standard InChI is InChI=1S/C16H24O/c1-15-12-10-8-6-4-2-3-5-7-9-11-13-16(17)14-15/h3,5-6,8,11,13,15H,2,4,7,9-10,12,14H2,1H3. The second-order valence-corrected chi connectivity index (χ2v) is 4.85. The number of ketones is 1. The summed E-state index contributed by atoms with van der Waals surface area (Å²) in [5, 5.41) is 0. The predicted octanol–water partition coefficient (Wildman–Crippen LogP) is 4.60. The zero-order valence-electron chi connectivity index (χ0n) is 10.9. The van der Waals surface area contributed by atoms with E-state index in [1.807, 2.05) is 6.08 Å². The van der Waals surface area contributed by atoms with E-state index in [2.05, 4.69) is 31.2 Å².